The van der Waals surface area contributed by atoms with Crippen molar-refractivity contribution in [3.05, 3.63) is 81.5 Å². The summed E-state index contributed by atoms with van der Waals surface area (Å²) < 4.78 is 7.56. The van der Waals surface area contributed by atoms with E-state index in [1.54, 1.807) is 30.3 Å². The summed E-state index contributed by atoms with van der Waals surface area (Å²) in [7, 11) is 1.49. The van der Waals surface area contributed by atoms with E-state index < -0.39 is 16.4 Å². The molecule has 156 valence electrons. The van der Waals surface area contributed by atoms with Crippen molar-refractivity contribution in [2.24, 2.45) is 0 Å². The maximum atomic E-state index is 12.8. The second kappa shape index (κ2) is 8.06. The zero-order valence-electron chi connectivity index (χ0n) is 16.3. The number of carbonyl (C=O) groups is 1. The number of hydrogen-bond acceptors (Lipinski definition) is 7. The van der Waals surface area contributed by atoms with E-state index in [9.17, 15) is 19.7 Å². The molecule has 4 rings (SSSR count). The summed E-state index contributed by atoms with van der Waals surface area (Å²) in [5.41, 5.74) is 0.141. The van der Waals surface area contributed by atoms with Crippen LogP contribution in [-0.2, 0) is 11.3 Å². The van der Waals surface area contributed by atoms with E-state index in [-0.39, 0.29) is 29.0 Å². The van der Waals surface area contributed by atoms with Gasteiger partial charge in [0.05, 0.1) is 23.9 Å². The SMILES string of the molecule is COc1ccccc1NC(=O)Cn1cnc2c(cnn2-c2ccccc2[N+](=O)[O-])c1=O. The highest BCUT2D eigenvalue weighted by Gasteiger charge is 2.19. The highest BCUT2D eigenvalue weighted by molar-refractivity contribution is 5.92. The molecule has 0 fully saturated rings. The second-order valence-corrected chi connectivity index (χ2v) is 6.47. The summed E-state index contributed by atoms with van der Waals surface area (Å²) in [6, 6.07) is 12.9. The summed E-state index contributed by atoms with van der Waals surface area (Å²) in [5, 5.41) is 18.2. The van der Waals surface area contributed by atoms with Crippen molar-refractivity contribution >= 4 is 28.3 Å². The van der Waals surface area contributed by atoms with Crippen LogP contribution in [0.15, 0.2) is 65.8 Å². The third kappa shape index (κ3) is 3.71. The van der Waals surface area contributed by atoms with Gasteiger partial charge in [0, 0.05) is 6.07 Å². The van der Waals surface area contributed by atoms with Gasteiger partial charge in [-0.25, -0.2) is 9.67 Å². The van der Waals surface area contributed by atoms with Crippen molar-refractivity contribution in [2.75, 3.05) is 12.4 Å². The predicted molar refractivity (Wildman–Crippen MR) is 111 cm³/mol. The molecule has 2 heterocycles. The van der Waals surface area contributed by atoms with Gasteiger partial charge >= 0.3 is 0 Å². The number of anilines is 1. The smallest absolute Gasteiger partial charge is 0.294 e. The summed E-state index contributed by atoms with van der Waals surface area (Å²) in [5.74, 6) is 0.0429. The number of hydrogen-bond donors (Lipinski definition) is 1. The molecule has 1 N–H and O–H groups in total. The number of ether oxygens (including phenoxy) is 1. The van der Waals surface area contributed by atoms with E-state index in [1.165, 1.54) is 42.5 Å². The standard InChI is InChI=1S/C20H16N6O5/c1-31-17-9-5-2-6-14(17)23-18(27)11-24-12-21-19-13(20(24)28)10-22-25(19)15-7-3-4-8-16(15)26(29)30/h2-10,12H,11H2,1H3,(H,23,27). The number of nitrogens with one attached hydrogen (secondary N) is 1. The third-order valence-corrected chi connectivity index (χ3v) is 4.56. The molecule has 1 amide bonds. The van der Waals surface area contributed by atoms with Crippen LogP contribution in [0, 0.1) is 10.1 Å². The first-order valence-corrected chi connectivity index (χ1v) is 9.09. The lowest BCUT2D eigenvalue weighted by atomic mass is 10.2. The van der Waals surface area contributed by atoms with Crippen LogP contribution in [0.5, 0.6) is 5.75 Å². The molecular weight excluding hydrogens is 404 g/mol. The molecule has 0 aliphatic carbocycles. The Morgan fingerprint density at radius 3 is 2.71 bits per heavy atom. The molecule has 0 aliphatic rings. The number of benzene rings is 2. The number of rotatable bonds is 6. The average molecular weight is 420 g/mol. The fraction of sp³-hybridized carbons (Fsp3) is 0.100. The number of carbonyl (C=O) groups excluding carboxylic acids is 1. The zero-order valence-corrected chi connectivity index (χ0v) is 16.3. The van der Waals surface area contributed by atoms with Crippen LogP contribution in [0.2, 0.25) is 0 Å². The van der Waals surface area contributed by atoms with Crippen molar-refractivity contribution < 1.29 is 14.5 Å². The molecule has 2 aromatic heterocycles. The Bertz CT molecular complexity index is 1360. The minimum atomic E-state index is -0.535. The normalized spacial score (nSPS) is 10.7. The average Bonchev–Trinajstić information content (AvgIpc) is 3.20. The predicted octanol–water partition coefficient (Wildman–Crippen LogP) is 2.14. The Morgan fingerprint density at radius 2 is 1.94 bits per heavy atom. The van der Waals surface area contributed by atoms with Gasteiger partial charge in [-0.05, 0) is 18.2 Å². The minimum absolute atomic E-state index is 0.130. The number of nitro groups is 1. The topological polar surface area (TPSA) is 134 Å². The molecular formula is C20H16N6O5. The molecule has 4 aromatic rings. The number of amides is 1. The number of nitrogens with zero attached hydrogens (tertiary/aromatic N) is 5. The van der Waals surface area contributed by atoms with Gasteiger partial charge in [0.15, 0.2) is 5.65 Å². The van der Waals surface area contributed by atoms with Crippen LogP contribution >= 0.6 is 0 Å². The fourth-order valence-electron chi connectivity index (χ4n) is 3.13. The molecule has 31 heavy (non-hydrogen) atoms. The second-order valence-electron chi connectivity index (χ2n) is 6.47. The van der Waals surface area contributed by atoms with Crippen LogP contribution in [0.3, 0.4) is 0 Å². The summed E-state index contributed by atoms with van der Waals surface area (Å²) in [6.07, 6.45) is 2.48. The first kappa shape index (κ1) is 19.8. The number of aromatic nitrogens is 4. The lowest BCUT2D eigenvalue weighted by molar-refractivity contribution is -0.384. The molecule has 0 saturated heterocycles. The van der Waals surface area contributed by atoms with Gasteiger partial charge in [-0.15, -0.1) is 0 Å². The van der Waals surface area contributed by atoms with Crippen molar-refractivity contribution in [1.82, 2.24) is 19.3 Å². The molecule has 2 aromatic carbocycles. The van der Waals surface area contributed by atoms with E-state index in [0.717, 1.165) is 4.57 Å². The monoisotopic (exact) mass is 420 g/mol. The van der Waals surface area contributed by atoms with Gasteiger partial charge < -0.3 is 10.1 Å². The van der Waals surface area contributed by atoms with Gasteiger partial charge in [0.2, 0.25) is 5.91 Å². The van der Waals surface area contributed by atoms with Gasteiger partial charge in [0.1, 0.15) is 29.7 Å². The molecule has 0 aliphatic heterocycles. The van der Waals surface area contributed by atoms with Gasteiger partial charge in [-0.1, -0.05) is 24.3 Å². The van der Waals surface area contributed by atoms with Crippen LogP contribution < -0.4 is 15.6 Å². The van der Waals surface area contributed by atoms with Crippen LogP contribution in [0.25, 0.3) is 16.7 Å². The molecule has 0 bridgehead atoms. The summed E-state index contributed by atoms with van der Waals surface area (Å²) in [4.78, 5) is 40.3. The van der Waals surface area contributed by atoms with Gasteiger partial charge in [-0.3, -0.25) is 24.3 Å². The van der Waals surface area contributed by atoms with E-state index >= 15 is 0 Å². The zero-order chi connectivity index (χ0) is 22.0. The van der Waals surface area contributed by atoms with Crippen molar-refractivity contribution in [3.8, 4) is 11.4 Å². The summed E-state index contributed by atoms with van der Waals surface area (Å²) >= 11 is 0. The molecule has 0 spiro atoms. The van der Waals surface area contributed by atoms with Crippen LogP contribution in [-0.4, -0.2) is 37.3 Å². The van der Waals surface area contributed by atoms with Crippen molar-refractivity contribution in [2.45, 2.75) is 6.54 Å². The van der Waals surface area contributed by atoms with Crippen molar-refractivity contribution in [1.29, 1.82) is 0 Å². The Morgan fingerprint density at radius 1 is 1.19 bits per heavy atom. The van der Waals surface area contributed by atoms with Crippen LogP contribution in [0.1, 0.15) is 0 Å². The Kier molecular flexibility index (Phi) is 5.14. The number of nitro benzene ring substituents is 1. The van der Waals surface area contributed by atoms with Gasteiger partial charge in [-0.2, -0.15) is 5.10 Å². The number of fused-ring (bicyclic) bond motifs is 1. The fourth-order valence-corrected chi connectivity index (χ4v) is 3.13. The Balaban J connectivity index is 1.65. The highest BCUT2D eigenvalue weighted by Crippen LogP contribution is 2.24. The molecule has 0 atom stereocenters. The molecule has 11 nitrogen and oxygen atoms in total. The van der Waals surface area contributed by atoms with E-state index in [4.69, 9.17) is 4.74 Å². The third-order valence-electron chi connectivity index (χ3n) is 4.56. The highest BCUT2D eigenvalue weighted by atomic mass is 16.6. The maximum absolute atomic E-state index is 12.8. The quantitative estimate of drug-likeness (QED) is 0.373. The summed E-state index contributed by atoms with van der Waals surface area (Å²) in [6.45, 7) is -0.281. The van der Waals surface area contributed by atoms with E-state index in [2.05, 4.69) is 15.4 Å². The maximum Gasteiger partial charge on any atom is 0.294 e. The minimum Gasteiger partial charge on any atom is -0.495 e. The van der Waals surface area contributed by atoms with E-state index in [1.807, 2.05) is 0 Å². The molecule has 0 saturated carbocycles. The van der Waals surface area contributed by atoms with E-state index in [0.29, 0.717) is 11.4 Å². The first-order chi connectivity index (χ1) is 15.0. The first-order valence-electron chi connectivity index (χ1n) is 9.09. The Hall–Kier alpha value is -4.54. The molecule has 11 heteroatoms. The largest absolute Gasteiger partial charge is 0.495 e. The lowest BCUT2D eigenvalue weighted by Gasteiger charge is -2.10. The Labute approximate surface area is 174 Å². The van der Waals surface area contributed by atoms with Gasteiger partial charge in [0.25, 0.3) is 11.2 Å². The van der Waals surface area contributed by atoms with Crippen molar-refractivity contribution in [3.63, 3.8) is 0 Å². The lowest BCUT2D eigenvalue weighted by Crippen LogP contribution is -2.28. The molecule has 0 radical (unpaired) electrons. The number of para-hydroxylation sites is 4. The van der Waals surface area contributed by atoms with Crippen LogP contribution in [0.4, 0.5) is 11.4 Å². The molecule has 0 unspecified atom stereocenters. The number of methoxy groups -OCH3 is 1.